The van der Waals surface area contributed by atoms with Crippen molar-refractivity contribution in [1.82, 2.24) is 5.32 Å². The Balaban J connectivity index is 0.000000557. The number of halogens is 2. The van der Waals surface area contributed by atoms with Crippen LogP contribution in [-0.2, 0) is 4.57 Å². The maximum atomic E-state index is 11.3. The van der Waals surface area contributed by atoms with Gasteiger partial charge in [0.05, 0.1) is 0 Å². The third-order valence-electron chi connectivity index (χ3n) is 1.35. The Kier molecular flexibility index (Phi) is 8.76. The molecule has 1 aromatic rings. The molecule has 17 heavy (non-hydrogen) atoms. The summed E-state index contributed by atoms with van der Waals surface area (Å²) >= 11 is 10.6. The van der Waals surface area contributed by atoms with Crippen molar-refractivity contribution in [2.75, 3.05) is 0 Å². The number of benzene rings is 1. The maximum Gasteiger partial charge on any atom is 0.314 e. The summed E-state index contributed by atoms with van der Waals surface area (Å²) in [4.78, 5) is 25.6. The Morgan fingerprint density at radius 2 is 1.71 bits per heavy atom. The van der Waals surface area contributed by atoms with E-state index in [1.165, 1.54) is 6.20 Å². The lowest BCUT2D eigenvalue weighted by atomic mass is 10.2. The highest BCUT2D eigenvalue weighted by Crippen LogP contribution is 2.04. The molecule has 94 valence electrons. The SMILES string of the molecule is O=C(NC=C(Cl)Cl)c1ccccc1.O=[PH](O)O. The van der Waals surface area contributed by atoms with Crippen LogP contribution in [0.2, 0.25) is 0 Å². The smallest absolute Gasteiger partial charge is 0.314 e. The van der Waals surface area contributed by atoms with Gasteiger partial charge in [0.2, 0.25) is 0 Å². The molecule has 0 aliphatic carbocycles. The van der Waals surface area contributed by atoms with Gasteiger partial charge in [-0.05, 0) is 12.1 Å². The van der Waals surface area contributed by atoms with Crippen LogP contribution >= 0.6 is 31.5 Å². The first-order chi connectivity index (χ1) is 7.93. The highest BCUT2D eigenvalue weighted by Gasteiger charge is 2.00. The molecule has 0 aliphatic heterocycles. The summed E-state index contributed by atoms with van der Waals surface area (Å²) in [7, 11) is -3.13. The molecule has 0 saturated carbocycles. The third kappa shape index (κ3) is 10.1. The molecule has 1 amide bonds. The molecule has 0 bridgehead atoms. The summed E-state index contributed by atoms with van der Waals surface area (Å²) in [6, 6.07) is 8.79. The van der Waals surface area contributed by atoms with Gasteiger partial charge in [0.15, 0.2) is 0 Å². The van der Waals surface area contributed by atoms with Crippen molar-refractivity contribution in [1.29, 1.82) is 0 Å². The van der Waals surface area contributed by atoms with Crippen molar-refractivity contribution in [3.63, 3.8) is 0 Å². The van der Waals surface area contributed by atoms with E-state index < -0.39 is 8.25 Å². The van der Waals surface area contributed by atoms with E-state index in [9.17, 15) is 4.79 Å². The zero-order chi connectivity index (χ0) is 13.3. The van der Waals surface area contributed by atoms with E-state index in [2.05, 4.69) is 5.32 Å². The van der Waals surface area contributed by atoms with Crippen LogP contribution in [0.4, 0.5) is 0 Å². The summed E-state index contributed by atoms with van der Waals surface area (Å²) in [5.41, 5.74) is 0.563. The maximum absolute atomic E-state index is 11.3. The van der Waals surface area contributed by atoms with E-state index in [-0.39, 0.29) is 10.4 Å². The van der Waals surface area contributed by atoms with Gasteiger partial charge in [-0.1, -0.05) is 41.4 Å². The van der Waals surface area contributed by atoms with Crippen LogP contribution in [0.15, 0.2) is 41.0 Å². The Bertz CT molecular complexity index is 403. The molecule has 0 atom stereocenters. The first-order valence-electron chi connectivity index (χ1n) is 4.22. The molecular formula is C9H10Cl2NO4P. The summed E-state index contributed by atoms with van der Waals surface area (Å²) in [5, 5.41) is 2.43. The third-order valence-corrected chi connectivity index (χ3v) is 1.57. The zero-order valence-corrected chi connectivity index (χ0v) is 10.9. The highest BCUT2D eigenvalue weighted by molar-refractivity contribution is 7.30. The van der Waals surface area contributed by atoms with E-state index >= 15 is 0 Å². The molecule has 0 aliphatic rings. The largest absolute Gasteiger partial charge is 0.326 e. The topological polar surface area (TPSA) is 86.6 Å². The quantitative estimate of drug-likeness (QED) is 0.729. The lowest BCUT2D eigenvalue weighted by Crippen LogP contribution is -2.16. The number of carbonyl (C=O) groups is 1. The van der Waals surface area contributed by atoms with E-state index in [0.717, 1.165) is 0 Å². The van der Waals surface area contributed by atoms with Gasteiger partial charge in [0, 0.05) is 11.8 Å². The number of amides is 1. The van der Waals surface area contributed by atoms with Gasteiger partial charge in [0.25, 0.3) is 5.91 Å². The first kappa shape index (κ1) is 16.2. The summed E-state index contributed by atoms with van der Waals surface area (Å²) in [5.74, 6) is -0.237. The fraction of sp³-hybridized carbons (Fsp3) is 0. The normalized spacial score (nSPS) is 9.00. The van der Waals surface area contributed by atoms with Crippen LogP contribution in [0.25, 0.3) is 0 Å². The van der Waals surface area contributed by atoms with Gasteiger partial charge < -0.3 is 15.1 Å². The van der Waals surface area contributed by atoms with Crippen LogP contribution in [-0.4, -0.2) is 15.7 Å². The molecule has 0 heterocycles. The number of nitrogens with one attached hydrogen (secondary N) is 1. The van der Waals surface area contributed by atoms with E-state index in [1.807, 2.05) is 6.07 Å². The number of hydrogen-bond acceptors (Lipinski definition) is 2. The van der Waals surface area contributed by atoms with Crippen LogP contribution < -0.4 is 5.32 Å². The average molecular weight is 298 g/mol. The first-order valence-corrected chi connectivity index (χ1v) is 6.28. The molecule has 0 fully saturated rings. The molecule has 0 saturated heterocycles. The molecule has 3 N–H and O–H groups in total. The van der Waals surface area contributed by atoms with Crippen LogP contribution in [0, 0.1) is 0 Å². The Labute approximate surface area is 109 Å². The van der Waals surface area contributed by atoms with Crippen molar-refractivity contribution >= 4 is 37.4 Å². The number of hydrogen-bond donors (Lipinski definition) is 3. The van der Waals surface area contributed by atoms with Gasteiger partial charge >= 0.3 is 8.25 Å². The molecule has 8 heteroatoms. The van der Waals surface area contributed by atoms with E-state index in [0.29, 0.717) is 5.56 Å². The standard InChI is InChI=1S/C9H7Cl2NO.H3O3P/c10-8(11)6-12-9(13)7-4-2-1-3-5-7;1-4(2)3/h1-6H,(H,12,13);4H,(H2,1,2,3). The minimum atomic E-state index is -3.13. The molecule has 0 unspecified atom stereocenters. The van der Waals surface area contributed by atoms with E-state index in [4.69, 9.17) is 37.6 Å². The Morgan fingerprint density at radius 1 is 1.24 bits per heavy atom. The predicted octanol–water partition coefficient (Wildman–Crippen LogP) is 2.05. The fourth-order valence-corrected chi connectivity index (χ4v) is 0.902. The lowest BCUT2D eigenvalue weighted by molar-refractivity contribution is 0.0970. The monoisotopic (exact) mass is 297 g/mol. The number of rotatable bonds is 2. The van der Waals surface area contributed by atoms with Gasteiger partial charge in [-0.2, -0.15) is 0 Å². The van der Waals surface area contributed by atoms with Crippen molar-refractivity contribution in [2.24, 2.45) is 0 Å². The van der Waals surface area contributed by atoms with E-state index in [1.54, 1.807) is 24.3 Å². The minimum Gasteiger partial charge on any atom is -0.326 e. The summed E-state index contributed by atoms with van der Waals surface area (Å²) < 4.78 is 8.76. The summed E-state index contributed by atoms with van der Waals surface area (Å²) in [6.45, 7) is 0. The van der Waals surface area contributed by atoms with Crippen LogP contribution in [0.5, 0.6) is 0 Å². The molecule has 0 radical (unpaired) electrons. The van der Waals surface area contributed by atoms with Crippen molar-refractivity contribution < 1.29 is 19.1 Å². The van der Waals surface area contributed by atoms with Gasteiger partial charge in [-0.3, -0.25) is 9.36 Å². The minimum absolute atomic E-state index is 0.0179. The van der Waals surface area contributed by atoms with Gasteiger partial charge in [-0.25, -0.2) is 0 Å². The van der Waals surface area contributed by atoms with Crippen LogP contribution in [0.3, 0.4) is 0 Å². The Morgan fingerprint density at radius 3 is 2.12 bits per heavy atom. The van der Waals surface area contributed by atoms with Gasteiger partial charge in [-0.15, -0.1) is 0 Å². The van der Waals surface area contributed by atoms with Crippen molar-refractivity contribution in [3.05, 3.63) is 46.6 Å². The molecule has 1 aromatic carbocycles. The number of carbonyl (C=O) groups excluding carboxylic acids is 1. The molecular weight excluding hydrogens is 288 g/mol. The second-order valence-corrected chi connectivity index (χ2v) is 4.13. The second-order valence-electron chi connectivity index (χ2n) is 2.56. The fourth-order valence-electron chi connectivity index (χ4n) is 0.793. The second kappa shape index (κ2) is 9.22. The summed E-state index contributed by atoms with van der Waals surface area (Å²) in [6.07, 6.45) is 1.23. The average Bonchev–Trinajstić information content (AvgIpc) is 2.26. The molecule has 0 spiro atoms. The predicted molar refractivity (Wildman–Crippen MR) is 67.1 cm³/mol. The van der Waals surface area contributed by atoms with Crippen molar-refractivity contribution in [2.45, 2.75) is 0 Å². The molecule has 0 aromatic heterocycles. The Hall–Kier alpha value is -0.840. The van der Waals surface area contributed by atoms with Crippen LogP contribution in [0.1, 0.15) is 10.4 Å². The lowest BCUT2D eigenvalue weighted by Gasteiger charge is -1.98. The van der Waals surface area contributed by atoms with Gasteiger partial charge in [0.1, 0.15) is 4.49 Å². The van der Waals surface area contributed by atoms with Crippen molar-refractivity contribution in [3.8, 4) is 0 Å². The zero-order valence-electron chi connectivity index (χ0n) is 8.43. The molecule has 5 nitrogen and oxygen atoms in total. The molecule has 1 rings (SSSR count). The highest BCUT2D eigenvalue weighted by atomic mass is 35.5.